The van der Waals surface area contributed by atoms with E-state index in [1.54, 1.807) is 4.68 Å². The molecule has 2 fully saturated rings. The van der Waals surface area contributed by atoms with Crippen LogP contribution in [0.5, 0.6) is 0 Å². The summed E-state index contributed by atoms with van der Waals surface area (Å²) in [4.78, 5) is 10.5. The molecule has 174 valence electrons. The van der Waals surface area contributed by atoms with Crippen molar-refractivity contribution in [2.75, 3.05) is 43.5 Å². The highest BCUT2D eigenvalue weighted by atomic mass is 35.5. The summed E-state index contributed by atoms with van der Waals surface area (Å²) in [6.07, 6.45) is 0.0213. The van der Waals surface area contributed by atoms with Crippen LogP contribution in [0.15, 0.2) is 12.4 Å². The quantitative estimate of drug-likeness (QED) is 0.506. The average molecular weight is 493 g/mol. The lowest BCUT2D eigenvalue weighted by Crippen LogP contribution is -2.51. The molecule has 2 aromatic heterocycles. The first kappa shape index (κ1) is 23.0. The number of aromatic nitrogens is 4. The summed E-state index contributed by atoms with van der Waals surface area (Å²) >= 11 is 12.2. The van der Waals surface area contributed by atoms with Gasteiger partial charge in [0.2, 0.25) is 5.95 Å². The molecule has 0 spiro atoms. The van der Waals surface area contributed by atoms with E-state index in [1.165, 1.54) is 12.4 Å². The van der Waals surface area contributed by atoms with Crippen LogP contribution in [0.4, 0.5) is 30.6 Å². The van der Waals surface area contributed by atoms with Gasteiger partial charge in [-0.05, 0) is 12.8 Å². The number of anilines is 3. The summed E-state index contributed by atoms with van der Waals surface area (Å²) in [6, 6.07) is 0.635. The van der Waals surface area contributed by atoms with Gasteiger partial charge in [-0.15, -0.1) is 0 Å². The fourth-order valence-electron chi connectivity index (χ4n) is 3.66. The number of piperidine rings is 1. The van der Waals surface area contributed by atoms with E-state index < -0.39 is 17.9 Å². The molecule has 0 amide bonds. The Morgan fingerprint density at radius 2 is 1.94 bits per heavy atom. The average Bonchev–Trinajstić information content (AvgIpc) is 3.05. The van der Waals surface area contributed by atoms with Gasteiger partial charge in [0.15, 0.2) is 5.15 Å². The number of rotatable bonds is 7. The van der Waals surface area contributed by atoms with E-state index in [1.807, 2.05) is 0 Å². The van der Waals surface area contributed by atoms with E-state index in [0.717, 1.165) is 39.1 Å². The van der Waals surface area contributed by atoms with E-state index in [0.29, 0.717) is 16.9 Å². The van der Waals surface area contributed by atoms with Gasteiger partial charge in [0.05, 0.1) is 42.7 Å². The van der Waals surface area contributed by atoms with Crippen molar-refractivity contribution in [1.82, 2.24) is 24.6 Å². The Morgan fingerprint density at radius 3 is 2.53 bits per heavy atom. The second kappa shape index (κ2) is 9.38. The fraction of sp³-hybridized carbons (Fsp3) is 0.556. The Bertz CT molecular complexity index is 974. The van der Waals surface area contributed by atoms with Gasteiger partial charge in [-0.2, -0.15) is 23.3 Å². The number of ether oxygens (including phenoxy) is 1. The van der Waals surface area contributed by atoms with Crippen LogP contribution in [0.3, 0.4) is 0 Å². The Morgan fingerprint density at radius 1 is 1.22 bits per heavy atom. The maximum absolute atomic E-state index is 12.6. The molecule has 3 N–H and O–H groups in total. The van der Waals surface area contributed by atoms with Crippen molar-refractivity contribution in [1.29, 1.82) is 5.41 Å². The fourth-order valence-corrected chi connectivity index (χ4v) is 4.07. The second-order valence-corrected chi connectivity index (χ2v) is 8.35. The minimum atomic E-state index is -4.46. The molecule has 2 aliphatic rings. The van der Waals surface area contributed by atoms with Gasteiger partial charge >= 0.3 is 6.18 Å². The molecule has 2 saturated heterocycles. The number of nitrogens with zero attached hydrogens (tertiary/aromatic N) is 5. The molecule has 0 aliphatic carbocycles. The molecule has 32 heavy (non-hydrogen) atoms. The SMILES string of the molecule is N=C(Cl)c1cnc(Nc2cnn(C3CCN(C4COC4)CC3)c2Cl)nc1NCC(F)(F)F. The third-order valence-electron chi connectivity index (χ3n) is 5.44. The molecule has 14 heteroatoms. The first-order chi connectivity index (χ1) is 15.2. The lowest BCUT2D eigenvalue weighted by molar-refractivity contribution is -0.115. The molecule has 2 aliphatic heterocycles. The molecule has 0 aromatic carbocycles. The van der Waals surface area contributed by atoms with Gasteiger partial charge in [-0.1, -0.05) is 23.2 Å². The van der Waals surface area contributed by atoms with Crippen LogP contribution in [0, 0.1) is 5.41 Å². The summed E-state index contributed by atoms with van der Waals surface area (Å²) < 4.78 is 44.8. The largest absolute Gasteiger partial charge is 0.405 e. The van der Waals surface area contributed by atoms with Crippen molar-refractivity contribution in [3.8, 4) is 0 Å². The summed E-state index contributed by atoms with van der Waals surface area (Å²) in [5.74, 6) is -0.215. The zero-order valence-corrected chi connectivity index (χ0v) is 18.3. The normalized spacial score (nSPS) is 18.4. The zero-order valence-electron chi connectivity index (χ0n) is 16.8. The van der Waals surface area contributed by atoms with Crippen molar-refractivity contribution < 1.29 is 17.9 Å². The molecule has 0 saturated carbocycles. The van der Waals surface area contributed by atoms with Gasteiger partial charge < -0.3 is 15.4 Å². The van der Waals surface area contributed by atoms with Gasteiger partial charge in [0.1, 0.15) is 17.5 Å². The van der Waals surface area contributed by atoms with E-state index in [-0.39, 0.29) is 23.4 Å². The Kier molecular flexibility index (Phi) is 6.75. The van der Waals surface area contributed by atoms with Gasteiger partial charge in [-0.25, -0.2) is 9.67 Å². The number of alkyl halides is 3. The lowest BCUT2D eigenvalue weighted by Gasteiger charge is -2.41. The number of hydrogen-bond donors (Lipinski definition) is 3. The third kappa shape index (κ3) is 5.25. The topological polar surface area (TPSA) is 104 Å². The molecule has 9 nitrogen and oxygen atoms in total. The van der Waals surface area contributed by atoms with E-state index in [4.69, 9.17) is 33.3 Å². The van der Waals surface area contributed by atoms with Gasteiger partial charge in [0.25, 0.3) is 0 Å². The third-order valence-corrected chi connectivity index (χ3v) is 6.02. The zero-order chi connectivity index (χ0) is 22.9. The predicted molar refractivity (Wildman–Crippen MR) is 114 cm³/mol. The van der Waals surface area contributed by atoms with E-state index >= 15 is 0 Å². The highest BCUT2D eigenvalue weighted by Crippen LogP contribution is 2.32. The predicted octanol–water partition coefficient (Wildman–Crippen LogP) is 3.64. The summed E-state index contributed by atoms with van der Waals surface area (Å²) in [7, 11) is 0. The van der Waals surface area contributed by atoms with E-state index in [9.17, 15) is 13.2 Å². The smallest absolute Gasteiger partial charge is 0.378 e. The van der Waals surface area contributed by atoms with Crippen LogP contribution < -0.4 is 10.6 Å². The maximum Gasteiger partial charge on any atom is 0.405 e. The summed E-state index contributed by atoms with van der Waals surface area (Å²) in [6.45, 7) is 2.10. The number of nitrogens with one attached hydrogen (secondary N) is 3. The van der Waals surface area contributed by atoms with E-state index in [2.05, 4.69) is 30.6 Å². The molecule has 4 rings (SSSR count). The molecule has 2 aromatic rings. The van der Waals surface area contributed by atoms with Crippen LogP contribution in [-0.2, 0) is 4.74 Å². The molecule has 0 bridgehead atoms. The lowest BCUT2D eigenvalue weighted by atomic mass is 10.0. The molecular formula is C18H21Cl2F3N8O. The highest BCUT2D eigenvalue weighted by Gasteiger charge is 2.31. The number of likely N-dealkylation sites (tertiary alicyclic amines) is 1. The van der Waals surface area contributed by atoms with Crippen LogP contribution >= 0.6 is 23.2 Å². The highest BCUT2D eigenvalue weighted by molar-refractivity contribution is 6.69. The molecule has 0 atom stereocenters. The Labute approximate surface area is 191 Å². The Hall–Kier alpha value is -2.15. The summed E-state index contributed by atoms with van der Waals surface area (Å²) in [5.41, 5.74) is 0.379. The Balaban J connectivity index is 1.45. The first-order valence-corrected chi connectivity index (χ1v) is 10.7. The summed E-state index contributed by atoms with van der Waals surface area (Å²) in [5, 5.41) is 16.8. The monoisotopic (exact) mass is 492 g/mol. The maximum atomic E-state index is 12.6. The molecule has 0 radical (unpaired) electrons. The van der Waals surface area contributed by atoms with Crippen molar-refractivity contribution >= 4 is 45.8 Å². The minimum Gasteiger partial charge on any atom is -0.378 e. The van der Waals surface area contributed by atoms with Crippen molar-refractivity contribution in [2.24, 2.45) is 0 Å². The van der Waals surface area contributed by atoms with Crippen LogP contribution in [0.2, 0.25) is 5.15 Å². The number of hydrogen-bond acceptors (Lipinski definition) is 8. The van der Waals surface area contributed by atoms with Crippen molar-refractivity contribution in [3.05, 3.63) is 23.1 Å². The molecular weight excluding hydrogens is 472 g/mol. The van der Waals surface area contributed by atoms with Crippen LogP contribution in [0.25, 0.3) is 0 Å². The molecule has 4 heterocycles. The molecule has 0 unspecified atom stereocenters. The standard InChI is InChI=1S/C18H21Cl2F3N8O/c19-14(24)12-5-25-17(29-16(12)26-9-18(21,22)23)28-13-6-27-31(15(13)20)10-1-3-30(4-2-10)11-7-32-8-11/h5-6,10-11,24H,1-4,7-9H2,(H2,25,26,28,29). The first-order valence-electron chi connectivity index (χ1n) is 9.95. The van der Waals surface area contributed by atoms with Crippen molar-refractivity contribution in [3.63, 3.8) is 0 Å². The van der Waals surface area contributed by atoms with Gasteiger partial charge in [-0.3, -0.25) is 10.3 Å². The number of halogens is 5. The van der Waals surface area contributed by atoms with Crippen molar-refractivity contribution in [2.45, 2.75) is 31.1 Å². The van der Waals surface area contributed by atoms with Gasteiger partial charge in [0, 0.05) is 19.3 Å². The second-order valence-electron chi connectivity index (χ2n) is 7.62. The van der Waals surface area contributed by atoms with Crippen LogP contribution in [0.1, 0.15) is 24.4 Å². The van der Waals surface area contributed by atoms with Crippen LogP contribution in [-0.4, -0.2) is 74.9 Å². The minimum absolute atomic E-state index is 0.00223.